The lowest BCUT2D eigenvalue weighted by atomic mass is 9.81. The van der Waals surface area contributed by atoms with E-state index >= 15 is 0 Å². The second kappa shape index (κ2) is 12.4. The fourth-order valence-electron chi connectivity index (χ4n) is 5.83. The number of Topliss-reactive ketones (excluding diaryl/α,β-unsaturated/α-hetero) is 1. The largest absolute Gasteiger partial charge is 0.445 e. The molecular formula is C33H43NO5. The molecule has 0 spiro atoms. The summed E-state index contributed by atoms with van der Waals surface area (Å²) in [6.45, 7) is 8.44. The minimum atomic E-state index is -1.79. The van der Waals surface area contributed by atoms with Crippen molar-refractivity contribution in [2.75, 3.05) is 0 Å². The Hall–Kier alpha value is -3.15. The van der Waals surface area contributed by atoms with Crippen LogP contribution in [0.15, 0.2) is 42.5 Å². The lowest BCUT2D eigenvalue weighted by Gasteiger charge is -2.37. The Morgan fingerprint density at radius 2 is 1.54 bits per heavy atom. The number of benzene rings is 2. The van der Waals surface area contributed by atoms with Gasteiger partial charge in [-0.25, -0.2) is 0 Å². The fourth-order valence-corrected chi connectivity index (χ4v) is 5.83. The third-order valence-electron chi connectivity index (χ3n) is 8.02. The molecule has 1 amide bonds. The molecule has 2 aromatic rings. The van der Waals surface area contributed by atoms with Gasteiger partial charge in [-0.2, -0.15) is 0 Å². The molecule has 2 unspecified atom stereocenters. The van der Waals surface area contributed by atoms with Gasteiger partial charge in [-0.3, -0.25) is 14.4 Å². The smallest absolute Gasteiger partial charge is 0.316 e. The molecule has 2 atom stereocenters. The summed E-state index contributed by atoms with van der Waals surface area (Å²) in [4.78, 5) is 41.1. The standard InChI is InChI=1S/C33H43NO5/c1-5-7-9-11-12-18-29(35)34-32-27-21-20-24(23(3)4)22-28(27)38-33(32,39-30(36)19-13-10-8-6-2)26-17-15-14-16-25(26)31(32)37/h14-17,20-23H,5-13,18-19H2,1-4H3,(H,34,35). The van der Waals surface area contributed by atoms with Gasteiger partial charge in [-0.05, 0) is 30.4 Å². The molecule has 0 aromatic heterocycles. The van der Waals surface area contributed by atoms with Gasteiger partial charge in [0.25, 0.3) is 0 Å². The van der Waals surface area contributed by atoms with E-state index in [1.165, 1.54) is 0 Å². The predicted molar refractivity (Wildman–Crippen MR) is 152 cm³/mol. The number of amides is 1. The van der Waals surface area contributed by atoms with Crippen molar-refractivity contribution in [3.05, 3.63) is 64.7 Å². The lowest BCUT2D eigenvalue weighted by Crippen LogP contribution is -2.61. The maximum atomic E-state index is 14.3. The number of fused-ring (bicyclic) bond motifs is 5. The van der Waals surface area contributed by atoms with Crippen LogP contribution in [0.3, 0.4) is 0 Å². The van der Waals surface area contributed by atoms with Crippen molar-refractivity contribution in [2.45, 2.75) is 116 Å². The van der Waals surface area contributed by atoms with Crippen LogP contribution in [0.25, 0.3) is 0 Å². The number of unbranched alkanes of at least 4 members (excludes halogenated alkanes) is 7. The molecule has 1 N–H and O–H groups in total. The van der Waals surface area contributed by atoms with Gasteiger partial charge in [0.05, 0.1) is 5.56 Å². The van der Waals surface area contributed by atoms with Gasteiger partial charge >= 0.3 is 11.8 Å². The minimum Gasteiger partial charge on any atom is -0.445 e. The fraction of sp³-hybridized carbons (Fsp3) is 0.545. The van der Waals surface area contributed by atoms with Gasteiger partial charge in [0.15, 0.2) is 0 Å². The van der Waals surface area contributed by atoms with Gasteiger partial charge in [0.2, 0.25) is 17.2 Å². The summed E-state index contributed by atoms with van der Waals surface area (Å²) in [6.07, 6.45) is 9.24. The third kappa shape index (κ3) is 5.35. The number of ether oxygens (including phenoxy) is 2. The second-order valence-electron chi connectivity index (χ2n) is 11.3. The molecular weight excluding hydrogens is 490 g/mol. The maximum absolute atomic E-state index is 14.3. The average Bonchev–Trinajstić information content (AvgIpc) is 3.29. The number of esters is 1. The van der Waals surface area contributed by atoms with E-state index in [-0.39, 0.29) is 30.4 Å². The van der Waals surface area contributed by atoms with Crippen LogP contribution in [0.5, 0.6) is 5.75 Å². The number of rotatable bonds is 14. The summed E-state index contributed by atoms with van der Waals surface area (Å²) >= 11 is 0. The Morgan fingerprint density at radius 3 is 2.26 bits per heavy atom. The van der Waals surface area contributed by atoms with Gasteiger partial charge in [0, 0.05) is 24.0 Å². The Kier molecular flexibility index (Phi) is 9.14. The SMILES string of the molecule is CCCCCCCC(=O)NC12C(=O)c3ccccc3C1(OC(=O)CCCCCC)Oc1cc(C(C)C)ccc12. The van der Waals surface area contributed by atoms with Crippen LogP contribution in [0.4, 0.5) is 0 Å². The van der Waals surface area contributed by atoms with Crippen molar-refractivity contribution >= 4 is 17.7 Å². The van der Waals surface area contributed by atoms with E-state index in [0.717, 1.165) is 56.9 Å². The number of carbonyl (C=O) groups is 3. The molecule has 2 aliphatic rings. The molecule has 6 nitrogen and oxygen atoms in total. The van der Waals surface area contributed by atoms with Crippen LogP contribution in [0.2, 0.25) is 0 Å². The topological polar surface area (TPSA) is 81.7 Å². The van der Waals surface area contributed by atoms with Crippen molar-refractivity contribution < 1.29 is 23.9 Å². The average molecular weight is 534 g/mol. The van der Waals surface area contributed by atoms with Gasteiger partial charge < -0.3 is 14.8 Å². The summed E-state index contributed by atoms with van der Waals surface area (Å²) in [5.41, 5.74) is 0.765. The summed E-state index contributed by atoms with van der Waals surface area (Å²) in [7, 11) is 0. The maximum Gasteiger partial charge on any atom is 0.316 e. The quantitative estimate of drug-likeness (QED) is 0.202. The molecule has 0 saturated carbocycles. The van der Waals surface area contributed by atoms with E-state index < -0.39 is 17.3 Å². The summed E-state index contributed by atoms with van der Waals surface area (Å²) in [5, 5.41) is 3.08. The Bertz CT molecular complexity index is 1200. The van der Waals surface area contributed by atoms with E-state index in [4.69, 9.17) is 9.47 Å². The monoisotopic (exact) mass is 533 g/mol. The molecule has 0 bridgehead atoms. The Labute approximate surface area is 232 Å². The lowest BCUT2D eigenvalue weighted by molar-refractivity contribution is -0.216. The van der Waals surface area contributed by atoms with Gasteiger partial charge in [-0.1, -0.05) is 109 Å². The molecule has 0 fully saturated rings. The second-order valence-corrected chi connectivity index (χ2v) is 11.3. The molecule has 39 heavy (non-hydrogen) atoms. The first kappa shape index (κ1) is 28.8. The number of nitrogens with one attached hydrogen (secondary N) is 1. The highest BCUT2D eigenvalue weighted by atomic mass is 16.7. The van der Waals surface area contributed by atoms with Crippen molar-refractivity contribution in [1.82, 2.24) is 5.32 Å². The van der Waals surface area contributed by atoms with E-state index in [9.17, 15) is 14.4 Å². The highest BCUT2D eigenvalue weighted by molar-refractivity contribution is 6.12. The normalized spacial score (nSPS) is 20.8. The molecule has 1 aliphatic heterocycles. The highest BCUT2D eigenvalue weighted by Gasteiger charge is 2.74. The first-order valence-corrected chi connectivity index (χ1v) is 14.8. The van der Waals surface area contributed by atoms with Crippen molar-refractivity contribution in [1.29, 1.82) is 0 Å². The summed E-state index contributed by atoms with van der Waals surface area (Å²) in [5.74, 6) is -2.10. The minimum absolute atomic E-state index is 0.219. The van der Waals surface area contributed by atoms with Crippen LogP contribution in [-0.2, 0) is 25.7 Å². The van der Waals surface area contributed by atoms with Crippen LogP contribution in [-0.4, -0.2) is 17.7 Å². The van der Waals surface area contributed by atoms with E-state index in [2.05, 4.69) is 33.0 Å². The number of hydrogen-bond donors (Lipinski definition) is 1. The van der Waals surface area contributed by atoms with Gasteiger partial charge in [-0.15, -0.1) is 0 Å². The molecule has 210 valence electrons. The van der Waals surface area contributed by atoms with Crippen LogP contribution >= 0.6 is 0 Å². The molecule has 6 heteroatoms. The van der Waals surface area contributed by atoms with Crippen molar-refractivity contribution in [2.24, 2.45) is 0 Å². The summed E-state index contributed by atoms with van der Waals surface area (Å²) in [6, 6.07) is 12.8. The zero-order valence-corrected chi connectivity index (χ0v) is 23.9. The molecule has 1 heterocycles. The van der Waals surface area contributed by atoms with Gasteiger partial charge in [0.1, 0.15) is 5.75 Å². The first-order chi connectivity index (χ1) is 18.8. The molecule has 2 aromatic carbocycles. The number of ketones is 1. The third-order valence-corrected chi connectivity index (χ3v) is 8.02. The summed E-state index contributed by atoms with van der Waals surface area (Å²) < 4.78 is 12.8. The van der Waals surface area contributed by atoms with E-state index in [1.807, 2.05) is 18.2 Å². The Balaban J connectivity index is 1.76. The van der Waals surface area contributed by atoms with Crippen LogP contribution in [0.1, 0.15) is 131 Å². The van der Waals surface area contributed by atoms with Crippen LogP contribution in [0, 0.1) is 0 Å². The molecule has 0 radical (unpaired) electrons. The number of carbonyl (C=O) groups excluding carboxylic acids is 3. The van der Waals surface area contributed by atoms with Crippen LogP contribution < -0.4 is 10.1 Å². The van der Waals surface area contributed by atoms with E-state index in [1.54, 1.807) is 24.3 Å². The zero-order valence-electron chi connectivity index (χ0n) is 23.9. The molecule has 1 aliphatic carbocycles. The highest BCUT2D eigenvalue weighted by Crippen LogP contribution is 2.60. The van der Waals surface area contributed by atoms with E-state index in [0.29, 0.717) is 28.9 Å². The van der Waals surface area contributed by atoms with Crippen molar-refractivity contribution in [3.8, 4) is 5.75 Å². The zero-order chi connectivity index (χ0) is 28.0. The molecule has 4 rings (SSSR count). The predicted octanol–water partition coefficient (Wildman–Crippen LogP) is 7.44. The number of hydrogen-bond acceptors (Lipinski definition) is 5. The first-order valence-electron chi connectivity index (χ1n) is 14.8. The molecule has 0 saturated heterocycles. The van der Waals surface area contributed by atoms with Crippen molar-refractivity contribution in [3.63, 3.8) is 0 Å². The Morgan fingerprint density at radius 1 is 0.872 bits per heavy atom.